The van der Waals surface area contributed by atoms with E-state index in [1.54, 1.807) is 12.4 Å². The maximum absolute atomic E-state index is 5.71. The van der Waals surface area contributed by atoms with Crippen molar-refractivity contribution in [1.29, 1.82) is 0 Å². The minimum atomic E-state index is 0.468. The highest BCUT2D eigenvalue weighted by atomic mass is 16.5. The molecule has 1 N–H and O–H groups in total. The molecule has 2 aromatic heterocycles. The summed E-state index contributed by atoms with van der Waals surface area (Å²) in [5.74, 6) is 1.70. The van der Waals surface area contributed by atoms with Crippen molar-refractivity contribution in [3.8, 4) is 5.75 Å². The lowest BCUT2D eigenvalue weighted by Gasteiger charge is -2.08. The van der Waals surface area contributed by atoms with Gasteiger partial charge in [0.2, 0.25) is 0 Å². The van der Waals surface area contributed by atoms with Crippen LogP contribution < -0.4 is 10.1 Å². The van der Waals surface area contributed by atoms with E-state index in [0.29, 0.717) is 6.61 Å². The summed E-state index contributed by atoms with van der Waals surface area (Å²) < 4.78 is 7.77. The second-order valence-corrected chi connectivity index (χ2v) is 4.58. The van der Waals surface area contributed by atoms with Gasteiger partial charge in [0.25, 0.3) is 0 Å². The van der Waals surface area contributed by atoms with Gasteiger partial charge in [-0.25, -0.2) is 4.98 Å². The van der Waals surface area contributed by atoms with Crippen LogP contribution in [0, 0.1) is 0 Å². The molecule has 0 aliphatic heterocycles. The molecule has 0 saturated heterocycles. The minimum absolute atomic E-state index is 0.468. The molecule has 0 spiro atoms. The quantitative estimate of drug-likeness (QED) is 0.751. The summed E-state index contributed by atoms with van der Waals surface area (Å²) in [7, 11) is 0. The number of nitrogens with one attached hydrogen (secondary N) is 1. The van der Waals surface area contributed by atoms with Crippen LogP contribution in [-0.4, -0.2) is 21.1 Å². The number of aryl methyl sites for hydroxylation is 1. The van der Waals surface area contributed by atoms with Crippen LogP contribution in [0.1, 0.15) is 31.8 Å². The second-order valence-electron chi connectivity index (χ2n) is 4.58. The van der Waals surface area contributed by atoms with Gasteiger partial charge in [0.1, 0.15) is 18.2 Å². The smallest absolute Gasteiger partial charge is 0.146 e. The number of hydrogen-bond donors (Lipinski definition) is 1. The van der Waals surface area contributed by atoms with Gasteiger partial charge in [-0.2, -0.15) is 0 Å². The lowest BCUT2D eigenvalue weighted by molar-refractivity contribution is 0.288. The molecule has 108 valence electrons. The Balaban J connectivity index is 1.84. The van der Waals surface area contributed by atoms with E-state index in [-0.39, 0.29) is 0 Å². The minimum Gasteiger partial charge on any atom is -0.484 e. The van der Waals surface area contributed by atoms with Crippen molar-refractivity contribution < 1.29 is 4.74 Å². The molecule has 0 bridgehead atoms. The fraction of sp³-hybridized carbons (Fsp3) is 0.467. The number of nitrogens with zero attached hydrogens (tertiary/aromatic N) is 3. The molecule has 0 aromatic carbocycles. The molecule has 5 heteroatoms. The molecule has 0 amide bonds. The highest BCUT2D eigenvalue weighted by Gasteiger charge is 2.03. The first-order valence-corrected chi connectivity index (χ1v) is 7.12. The fourth-order valence-corrected chi connectivity index (χ4v) is 1.91. The number of pyridine rings is 1. The van der Waals surface area contributed by atoms with Crippen LogP contribution in [-0.2, 0) is 19.7 Å². The van der Waals surface area contributed by atoms with Crippen molar-refractivity contribution in [3.05, 3.63) is 42.2 Å². The summed E-state index contributed by atoms with van der Waals surface area (Å²) in [6, 6.07) is 3.94. The van der Waals surface area contributed by atoms with Gasteiger partial charge in [-0.1, -0.05) is 6.92 Å². The summed E-state index contributed by atoms with van der Waals surface area (Å²) in [5.41, 5.74) is 1.03. The molecule has 0 saturated carbocycles. The molecule has 2 rings (SSSR count). The summed E-state index contributed by atoms with van der Waals surface area (Å²) in [4.78, 5) is 8.66. The van der Waals surface area contributed by atoms with Crippen molar-refractivity contribution in [2.75, 3.05) is 6.54 Å². The van der Waals surface area contributed by atoms with Gasteiger partial charge >= 0.3 is 0 Å². The molecule has 20 heavy (non-hydrogen) atoms. The Kier molecular flexibility index (Phi) is 5.55. The third kappa shape index (κ3) is 4.06. The zero-order valence-corrected chi connectivity index (χ0v) is 12.2. The van der Waals surface area contributed by atoms with Crippen molar-refractivity contribution in [2.45, 2.75) is 40.0 Å². The van der Waals surface area contributed by atoms with E-state index >= 15 is 0 Å². The van der Waals surface area contributed by atoms with Crippen LogP contribution in [0.25, 0.3) is 0 Å². The summed E-state index contributed by atoms with van der Waals surface area (Å²) in [6.07, 6.45) is 6.65. The predicted molar refractivity (Wildman–Crippen MR) is 78.5 cm³/mol. The SMILES string of the molecule is CCCNCc1ccc(OCc2nccn2CC)cn1. The first-order chi connectivity index (χ1) is 9.83. The third-order valence-corrected chi connectivity index (χ3v) is 3.04. The first-order valence-electron chi connectivity index (χ1n) is 7.12. The van der Waals surface area contributed by atoms with Crippen LogP contribution in [0.5, 0.6) is 5.75 Å². The molecule has 0 aliphatic carbocycles. The molecule has 0 aliphatic rings. The standard InChI is InChI=1S/C15H22N4O/c1-3-7-16-10-13-5-6-14(11-18-13)20-12-15-17-8-9-19(15)4-2/h5-6,8-9,11,16H,3-4,7,10,12H2,1-2H3. The Hall–Kier alpha value is -1.88. The fourth-order valence-electron chi connectivity index (χ4n) is 1.91. The van der Waals surface area contributed by atoms with Gasteiger partial charge in [0.15, 0.2) is 0 Å². The maximum Gasteiger partial charge on any atom is 0.146 e. The summed E-state index contributed by atoms with van der Waals surface area (Å²) in [6.45, 7) is 7.42. The van der Waals surface area contributed by atoms with Gasteiger partial charge in [-0.15, -0.1) is 0 Å². The number of ether oxygens (including phenoxy) is 1. The Labute approximate surface area is 120 Å². The van der Waals surface area contributed by atoms with Crippen molar-refractivity contribution in [2.24, 2.45) is 0 Å². The largest absolute Gasteiger partial charge is 0.484 e. The third-order valence-electron chi connectivity index (χ3n) is 3.04. The Morgan fingerprint density at radius 1 is 1.25 bits per heavy atom. The van der Waals surface area contributed by atoms with Crippen LogP contribution in [0.2, 0.25) is 0 Å². The number of aromatic nitrogens is 3. The van der Waals surface area contributed by atoms with Crippen molar-refractivity contribution in [1.82, 2.24) is 19.9 Å². The van der Waals surface area contributed by atoms with Crippen molar-refractivity contribution >= 4 is 0 Å². The Morgan fingerprint density at radius 3 is 2.85 bits per heavy atom. The molecule has 0 atom stereocenters. The van der Waals surface area contributed by atoms with E-state index in [1.807, 2.05) is 18.3 Å². The van der Waals surface area contributed by atoms with Gasteiger partial charge in [-0.05, 0) is 32.0 Å². The molecule has 0 fully saturated rings. The molecule has 0 unspecified atom stereocenters. The average Bonchev–Trinajstić information content (AvgIpc) is 2.94. The van der Waals surface area contributed by atoms with E-state index < -0.39 is 0 Å². The monoisotopic (exact) mass is 274 g/mol. The molecular weight excluding hydrogens is 252 g/mol. The first kappa shape index (κ1) is 14.5. The second kappa shape index (κ2) is 7.65. The molecule has 2 heterocycles. The van der Waals surface area contributed by atoms with Gasteiger partial charge in [-0.3, -0.25) is 4.98 Å². The highest BCUT2D eigenvalue weighted by molar-refractivity contribution is 5.20. The average molecular weight is 274 g/mol. The van der Waals surface area contributed by atoms with E-state index in [2.05, 4.69) is 33.7 Å². The van der Waals surface area contributed by atoms with E-state index in [1.165, 1.54) is 0 Å². The van der Waals surface area contributed by atoms with E-state index in [4.69, 9.17) is 4.74 Å². The number of rotatable bonds is 8. The van der Waals surface area contributed by atoms with Crippen LogP contribution >= 0.6 is 0 Å². The summed E-state index contributed by atoms with van der Waals surface area (Å²) in [5, 5.41) is 3.32. The van der Waals surface area contributed by atoms with Crippen LogP contribution in [0.4, 0.5) is 0 Å². The molecule has 0 radical (unpaired) electrons. The highest BCUT2D eigenvalue weighted by Crippen LogP contribution is 2.11. The lowest BCUT2D eigenvalue weighted by atomic mass is 10.3. The molecule has 5 nitrogen and oxygen atoms in total. The van der Waals surface area contributed by atoms with Crippen LogP contribution in [0.15, 0.2) is 30.7 Å². The zero-order valence-electron chi connectivity index (χ0n) is 12.2. The Bertz CT molecular complexity index is 507. The number of imidazole rings is 1. The van der Waals surface area contributed by atoms with Crippen LogP contribution in [0.3, 0.4) is 0 Å². The van der Waals surface area contributed by atoms with E-state index in [0.717, 1.165) is 43.3 Å². The summed E-state index contributed by atoms with van der Waals surface area (Å²) >= 11 is 0. The Morgan fingerprint density at radius 2 is 2.15 bits per heavy atom. The maximum atomic E-state index is 5.71. The topological polar surface area (TPSA) is 52.0 Å². The normalized spacial score (nSPS) is 10.7. The molecule has 2 aromatic rings. The van der Waals surface area contributed by atoms with Gasteiger partial charge in [0, 0.05) is 25.5 Å². The van der Waals surface area contributed by atoms with Gasteiger partial charge in [0.05, 0.1) is 11.9 Å². The predicted octanol–water partition coefficient (Wildman–Crippen LogP) is 2.38. The zero-order chi connectivity index (χ0) is 14.2. The lowest BCUT2D eigenvalue weighted by Crippen LogP contribution is -2.14. The molecular formula is C15H22N4O. The van der Waals surface area contributed by atoms with Gasteiger partial charge < -0.3 is 14.6 Å². The van der Waals surface area contributed by atoms with Crippen molar-refractivity contribution in [3.63, 3.8) is 0 Å². The van der Waals surface area contributed by atoms with E-state index in [9.17, 15) is 0 Å². The number of hydrogen-bond acceptors (Lipinski definition) is 4.